The normalized spacial score (nSPS) is 15.9. The van der Waals surface area contributed by atoms with Gasteiger partial charge in [0, 0.05) is 0 Å². The highest BCUT2D eigenvalue weighted by atomic mass is 19.4. The smallest absolute Gasteiger partial charge is 0.471 e. The first-order chi connectivity index (χ1) is 16.7. The van der Waals surface area contributed by atoms with Gasteiger partial charge in [0.1, 0.15) is 11.5 Å². The second-order valence-corrected chi connectivity index (χ2v) is 7.21. The molecule has 1 rings (SSSR count). The third kappa shape index (κ3) is 4.51. The molecule has 1 aromatic rings. The van der Waals surface area contributed by atoms with E-state index in [0.717, 1.165) is 0 Å². The second kappa shape index (κ2) is 8.93. The van der Waals surface area contributed by atoms with Gasteiger partial charge in [0.2, 0.25) is 0 Å². The maximum Gasteiger partial charge on any atom is 0.471 e. The van der Waals surface area contributed by atoms with Gasteiger partial charge in [0.05, 0.1) is 0 Å². The van der Waals surface area contributed by atoms with Crippen molar-refractivity contribution in [1.82, 2.24) is 0 Å². The summed E-state index contributed by atoms with van der Waals surface area (Å²) in [5.41, 5.74) is 0. The Labute approximate surface area is 198 Å². The zero-order valence-corrected chi connectivity index (χ0v) is 17.1. The number of aromatic hydroxyl groups is 1. The van der Waals surface area contributed by atoms with Gasteiger partial charge in [-0.15, -0.1) is 0 Å². The van der Waals surface area contributed by atoms with Crippen LogP contribution in [-0.2, 0) is 0 Å². The molecule has 0 amide bonds. The Morgan fingerprint density at radius 3 is 0.923 bits per heavy atom. The van der Waals surface area contributed by atoms with Crippen molar-refractivity contribution in [1.29, 1.82) is 0 Å². The van der Waals surface area contributed by atoms with E-state index in [1.54, 1.807) is 0 Å². The van der Waals surface area contributed by atoms with Gasteiger partial charge in [0.15, 0.2) is 0 Å². The molecule has 0 aromatic heterocycles. The summed E-state index contributed by atoms with van der Waals surface area (Å²) in [7, 11) is 0. The van der Waals surface area contributed by atoms with Crippen LogP contribution >= 0.6 is 0 Å². The van der Waals surface area contributed by atoms with Crippen LogP contribution < -0.4 is 4.74 Å². The molecule has 0 aliphatic carbocycles. The van der Waals surface area contributed by atoms with Crippen LogP contribution in [0.5, 0.6) is 11.5 Å². The van der Waals surface area contributed by atoms with Crippen LogP contribution in [0.25, 0.3) is 0 Å². The Balaban J connectivity index is 3.71. The number of rotatable bonds is 10. The number of phenolic OH excluding ortho intramolecular Hbond substituents is 1. The summed E-state index contributed by atoms with van der Waals surface area (Å²) in [5, 5.41) is 8.85. The van der Waals surface area contributed by atoms with E-state index in [4.69, 9.17) is 5.11 Å². The molecule has 0 saturated carbocycles. The van der Waals surface area contributed by atoms with E-state index < -0.39 is 71.2 Å². The third-order valence-electron chi connectivity index (χ3n) is 4.56. The van der Waals surface area contributed by atoms with Gasteiger partial charge in [-0.25, -0.2) is 0 Å². The fourth-order valence-electron chi connectivity index (χ4n) is 2.27. The standard InChI is InChI=1S/C16H5F21O2/c17-7(18,9(21,22)11(25,26)13(29,30)15(33,34)35)8(19,20)10(23,24)12(27,28)14(31,32)16(36,37)39-6-3-1-5(38)2-4-6/h1-4,38H. The Hall–Kier alpha value is -2.65. The van der Waals surface area contributed by atoms with Gasteiger partial charge >= 0.3 is 59.7 Å². The Bertz CT molecular complexity index is 1020. The SMILES string of the molecule is Oc1ccc(OC(F)(F)C(F)(F)C(F)(F)C(F)(F)C(F)(F)C(F)(F)C(F)(F)C(F)(F)C(F)(F)C(F)(F)F)cc1. The van der Waals surface area contributed by atoms with Gasteiger partial charge in [-0.2, -0.15) is 92.2 Å². The van der Waals surface area contributed by atoms with Gasteiger partial charge in [0.25, 0.3) is 0 Å². The zero-order valence-electron chi connectivity index (χ0n) is 17.1. The van der Waals surface area contributed by atoms with Crippen molar-refractivity contribution in [3.05, 3.63) is 24.3 Å². The van der Waals surface area contributed by atoms with Crippen LogP contribution in [0.2, 0.25) is 0 Å². The maximum atomic E-state index is 13.7. The molecule has 0 radical (unpaired) electrons. The van der Waals surface area contributed by atoms with Crippen molar-refractivity contribution in [2.24, 2.45) is 0 Å². The van der Waals surface area contributed by atoms with E-state index in [0.29, 0.717) is 0 Å². The Kier molecular flexibility index (Phi) is 7.87. The number of hydrogen-bond donors (Lipinski definition) is 1. The lowest BCUT2D eigenvalue weighted by atomic mass is 9.87. The summed E-state index contributed by atoms with van der Waals surface area (Å²) in [5.74, 6) is -73.6. The molecule has 1 N–H and O–H groups in total. The van der Waals surface area contributed by atoms with E-state index >= 15 is 0 Å². The van der Waals surface area contributed by atoms with Crippen LogP contribution in [0.1, 0.15) is 0 Å². The monoisotopic (exact) mass is 628 g/mol. The maximum absolute atomic E-state index is 13.7. The van der Waals surface area contributed by atoms with Gasteiger partial charge in [-0.05, 0) is 24.3 Å². The first-order valence-corrected chi connectivity index (χ1v) is 8.67. The molecule has 0 bridgehead atoms. The average molecular weight is 628 g/mol. The molecular formula is C16H5F21O2. The molecule has 1 aromatic carbocycles. The topological polar surface area (TPSA) is 29.5 Å². The number of halogens is 21. The van der Waals surface area contributed by atoms with Crippen LogP contribution in [0.15, 0.2) is 24.3 Å². The second-order valence-electron chi connectivity index (χ2n) is 7.21. The lowest BCUT2D eigenvalue weighted by Gasteiger charge is -2.44. The summed E-state index contributed by atoms with van der Waals surface area (Å²) in [6, 6.07) is 0.539. The molecule has 0 spiro atoms. The molecule has 0 saturated heterocycles. The summed E-state index contributed by atoms with van der Waals surface area (Å²) in [6.45, 7) is 0. The molecule has 23 heteroatoms. The summed E-state index contributed by atoms with van der Waals surface area (Å²) < 4.78 is 281. The van der Waals surface area contributed by atoms with Crippen molar-refractivity contribution >= 4 is 0 Å². The number of phenols is 1. The first-order valence-electron chi connectivity index (χ1n) is 8.67. The van der Waals surface area contributed by atoms with Gasteiger partial charge in [-0.1, -0.05) is 0 Å². The van der Waals surface area contributed by atoms with Gasteiger partial charge in [-0.3, -0.25) is 0 Å². The minimum Gasteiger partial charge on any atom is -0.508 e. The van der Waals surface area contributed by atoms with E-state index in [9.17, 15) is 92.2 Å². The summed E-state index contributed by atoms with van der Waals surface area (Å²) in [6.07, 6.45) is -15.2. The Morgan fingerprint density at radius 2 is 0.641 bits per heavy atom. The van der Waals surface area contributed by atoms with E-state index in [1.165, 1.54) is 0 Å². The van der Waals surface area contributed by atoms with Crippen molar-refractivity contribution in [3.8, 4) is 11.5 Å². The molecule has 0 aliphatic heterocycles. The van der Waals surface area contributed by atoms with Crippen LogP contribution in [0, 0.1) is 0 Å². The molecule has 0 aliphatic rings. The predicted molar refractivity (Wildman–Crippen MR) is 79.3 cm³/mol. The lowest BCUT2D eigenvalue weighted by Crippen LogP contribution is -2.77. The van der Waals surface area contributed by atoms with Crippen molar-refractivity contribution in [3.63, 3.8) is 0 Å². The molecular weight excluding hydrogens is 623 g/mol. The number of alkyl halides is 21. The summed E-state index contributed by atoms with van der Waals surface area (Å²) in [4.78, 5) is 0. The number of benzene rings is 1. The molecule has 2 nitrogen and oxygen atoms in total. The molecule has 228 valence electrons. The fourth-order valence-corrected chi connectivity index (χ4v) is 2.27. The van der Waals surface area contributed by atoms with E-state index in [2.05, 4.69) is 4.74 Å². The molecule has 0 atom stereocenters. The minimum absolute atomic E-state index is 0.00181. The van der Waals surface area contributed by atoms with Crippen LogP contribution in [-0.4, -0.2) is 64.8 Å². The van der Waals surface area contributed by atoms with Gasteiger partial charge < -0.3 is 9.84 Å². The Morgan fingerprint density at radius 1 is 0.385 bits per heavy atom. The van der Waals surface area contributed by atoms with E-state index in [1.807, 2.05) is 0 Å². The zero-order chi connectivity index (χ0) is 31.7. The molecule has 39 heavy (non-hydrogen) atoms. The average Bonchev–Trinajstić information content (AvgIpc) is 2.73. The minimum atomic E-state index is -9.23. The van der Waals surface area contributed by atoms with Crippen molar-refractivity contribution < 1.29 is 102 Å². The van der Waals surface area contributed by atoms with Crippen LogP contribution in [0.4, 0.5) is 92.2 Å². The predicted octanol–water partition coefficient (Wildman–Crippen LogP) is 8.01. The van der Waals surface area contributed by atoms with Crippen LogP contribution in [0.3, 0.4) is 0 Å². The largest absolute Gasteiger partial charge is 0.508 e. The number of ether oxygens (including phenoxy) is 1. The molecule has 0 fully saturated rings. The highest BCUT2D eigenvalue weighted by molar-refractivity contribution is 5.30. The highest BCUT2D eigenvalue weighted by Gasteiger charge is 2.98. The number of hydrogen-bond acceptors (Lipinski definition) is 2. The van der Waals surface area contributed by atoms with Crippen molar-refractivity contribution in [2.45, 2.75) is 59.7 Å². The fraction of sp³-hybridized carbons (Fsp3) is 0.625. The summed E-state index contributed by atoms with van der Waals surface area (Å²) >= 11 is 0. The molecule has 0 heterocycles. The molecule has 0 unspecified atom stereocenters. The first kappa shape index (κ1) is 34.4. The third-order valence-corrected chi connectivity index (χ3v) is 4.56. The highest BCUT2D eigenvalue weighted by Crippen LogP contribution is 2.66. The van der Waals surface area contributed by atoms with Crippen molar-refractivity contribution in [2.75, 3.05) is 0 Å². The lowest BCUT2D eigenvalue weighted by molar-refractivity contribution is -0.480. The quantitative estimate of drug-likeness (QED) is 0.266. The van der Waals surface area contributed by atoms with E-state index in [-0.39, 0.29) is 24.3 Å².